The van der Waals surface area contributed by atoms with Gasteiger partial charge in [-0.05, 0) is 5.92 Å². The standard InChI is InChI=1S/C15H25N3O2/c1-10(14(19)20)11-7-18(8-11)9-12-6-17(5)16-13(12)15(2,3)4/h6,10-11H,7-9H2,1-5H3,(H,19,20). The Morgan fingerprint density at radius 1 is 1.50 bits per heavy atom. The lowest BCUT2D eigenvalue weighted by molar-refractivity contribution is -0.145. The van der Waals surface area contributed by atoms with Crippen LogP contribution in [0, 0.1) is 11.8 Å². The van der Waals surface area contributed by atoms with Crippen molar-refractivity contribution in [3.8, 4) is 0 Å². The molecule has 112 valence electrons. The van der Waals surface area contributed by atoms with Gasteiger partial charge < -0.3 is 5.11 Å². The van der Waals surface area contributed by atoms with Crippen LogP contribution in [0.3, 0.4) is 0 Å². The molecule has 1 N–H and O–H groups in total. The normalized spacial score (nSPS) is 18.9. The number of hydrogen-bond donors (Lipinski definition) is 1. The SMILES string of the molecule is CC(C(=O)O)C1CN(Cc2cn(C)nc2C(C)(C)C)C1. The first-order valence-electron chi connectivity index (χ1n) is 7.16. The summed E-state index contributed by atoms with van der Waals surface area (Å²) in [6.07, 6.45) is 2.08. The van der Waals surface area contributed by atoms with E-state index in [4.69, 9.17) is 5.11 Å². The summed E-state index contributed by atoms with van der Waals surface area (Å²) < 4.78 is 1.87. The van der Waals surface area contributed by atoms with E-state index in [0.717, 1.165) is 25.3 Å². The molecule has 0 spiro atoms. The summed E-state index contributed by atoms with van der Waals surface area (Å²) in [4.78, 5) is 13.3. The predicted octanol–water partition coefficient (Wildman–Crippen LogP) is 1.87. The summed E-state index contributed by atoms with van der Waals surface area (Å²) in [6.45, 7) is 10.9. The fourth-order valence-electron chi connectivity index (χ4n) is 2.78. The predicted molar refractivity (Wildman–Crippen MR) is 77.5 cm³/mol. The van der Waals surface area contributed by atoms with Gasteiger partial charge in [0.15, 0.2) is 0 Å². The molecule has 5 nitrogen and oxygen atoms in total. The van der Waals surface area contributed by atoms with Gasteiger partial charge in [0.1, 0.15) is 0 Å². The number of nitrogens with zero attached hydrogens (tertiary/aromatic N) is 3. The van der Waals surface area contributed by atoms with Crippen LogP contribution in [0.15, 0.2) is 6.20 Å². The van der Waals surface area contributed by atoms with Gasteiger partial charge in [0, 0.05) is 43.9 Å². The van der Waals surface area contributed by atoms with E-state index in [0.29, 0.717) is 0 Å². The second-order valence-corrected chi connectivity index (χ2v) is 7.01. The van der Waals surface area contributed by atoms with Gasteiger partial charge in [-0.3, -0.25) is 14.4 Å². The molecule has 0 bridgehead atoms. The van der Waals surface area contributed by atoms with Gasteiger partial charge in [0.2, 0.25) is 0 Å². The largest absolute Gasteiger partial charge is 0.481 e. The van der Waals surface area contributed by atoms with Crippen LogP contribution in [0.2, 0.25) is 0 Å². The molecule has 2 heterocycles. The minimum absolute atomic E-state index is 0.0369. The Kier molecular flexibility index (Phi) is 3.91. The van der Waals surface area contributed by atoms with Crippen LogP contribution in [-0.2, 0) is 23.8 Å². The number of hydrogen-bond acceptors (Lipinski definition) is 3. The van der Waals surface area contributed by atoms with Crippen molar-refractivity contribution < 1.29 is 9.90 Å². The summed E-state index contributed by atoms with van der Waals surface area (Å²) >= 11 is 0. The average Bonchev–Trinajstić information content (AvgIpc) is 2.63. The second kappa shape index (κ2) is 5.20. The van der Waals surface area contributed by atoms with E-state index >= 15 is 0 Å². The van der Waals surface area contributed by atoms with Crippen LogP contribution in [-0.4, -0.2) is 38.8 Å². The number of carboxylic acid groups (broad SMARTS) is 1. The van der Waals surface area contributed by atoms with Gasteiger partial charge in [0.25, 0.3) is 0 Å². The molecule has 1 aromatic rings. The lowest BCUT2D eigenvalue weighted by Gasteiger charge is -2.41. The van der Waals surface area contributed by atoms with Crippen molar-refractivity contribution in [1.82, 2.24) is 14.7 Å². The molecule has 1 unspecified atom stereocenters. The zero-order valence-electron chi connectivity index (χ0n) is 13.1. The van der Waals surface area contributed by atoms with Gasteiger partial charge >= 0.3 is 5.97 Å². The molecule has 1 aliphatic rings. The molecule has 1 saturated heterocycles. The highest BCUT2D eigenvalue weighted by Crippen LogP contribution is 2.29. The summed E-state index contributed by atoms with van der Waals surface area (Å²) in [5.74, 6) is -0.657. The molecule has 20 heavy (non-hydrogen) atoms. The van der Waals surface area contributed by atoms with Crippen LogP contribution < -0.4 is 0 Å². The molecule has 1 fully saturated rings. The van der Waals surface area contributed by atoms with E-state index in [1.54, 1.807) is 6.92 Å². The smallest absolute Gasteiger partial charge is 0.306 e. The quantitative estimate of drug-likeness (QED) is 0.914. The average molecular weight is 279 g/mol. The van der Waals surface area contributed by atoms with Crippen molar-refractivity contribution in [3.05, 3.63) is 17.5 Å². The maximum Gasteiger partial charge on any atom is 0.306 e. The van der Waals surface area contributed by atoms with Crippen molar-refractivity contribution in [2.75, 3.05) is 13.1 Å². The fraction of sp³-hybridized carbons (Fsp3) is 0.733. The van der Waals surface area contributed by atoms with Gasteiger partial charge in [-0.25, -0.2) is 0 Å². The molecule has 0 saturated carbocycles. The summed E-state index contributed by atoms with van der Waals surface area (Å²) in [5.41, 5.74) is 2.42. The van der Waals surface area contributed by atoms with Crippen LogP contribution >= 0.6 is 0 Å². The molecular formula is C15H25N3O2. The minimum Gasteiger partial charge on any atom is -0.481 e. The van der Waals surface area contributed by atoms with Gasteiger partial charge in [-0.15, -0.1) is 0 Å². The number of aliphatic carboxylic acids is 1. The number of rotatable bonds is 4. The summed E-state index contributed by atoms with van der Waals surface area (Å²) in [7, 11) is 1.95. The third kappa shape index (κ3) is 3.03. The van der Waals surface area contributed by atoms with E-state index in [1.807, 2.05) is 11.7 Å². The molecular weight excluding hydrogens is 254 g/mol. The van der Waals surface area contributed by atoms with Crippen LogP contribution in [0.5, 0.6) is 0 Å². The van der Waals surface area contributed by atoms with Gasteiger partial charge in [-0.1, -0.05) is 27.7 Å². The third-order valence-corrected chi connectivity index (χ3v) is 4.09. The Balaban J connectivity index is 1.98. The maximum atomic E-state index is 11.0. The molecule has 0 aliphatic carbocycles. The Morgan fingerprint density at radius 3 is 2.60 bits per heavy atom. The Morgan fingerprint density at radius 2 is 2.10 bits per heavy atom. The van der Waals surface area contributed by atoms with Gasteiger partial charge in [0.05, 0.1) is 11.6 Å². The first-order chi connectivity index (χ1) is 9.18. The van der Waals surface area contributed by atoms with Crippen LogP contribution in [0.1, 0.15) is 39.0 Å². The van der Waals surface area contributed by atoms with Crippen LogP contribution in [0.4, 0.5) is 0 Å². The molecule has 1 aliphatic heterocycles. The molecule has 1 atom stereocenters. The van der Waals surface area contributed by atoms with Crippen molar-refractivity contribution in [2.24, 2.45) is 18.9 Å². The Bertz CT molecular complexity index is 496. The Hall–Kier alpha value is -1.36. The van der Waals surface area contributed by atoms with E-state index in [2.05, 4.69) is 37.0 Å². The monoisotopic (exact) mass is 279 g/mol. The number of aryl methyl sites for hydroxylation is 1. The zero-order chi connectivity index (χ0) is 15.1. The van der Waals surface area contributed by atoms with E-state index in [-0.39, 0.29) is 17.3 Å². The molecule has 2 rings (SSSR count). The van der Waals surface area contributed by atoms with Crippen LogP contribution in [0.25, 0.3) is 0 Å². The second-order valence-electron chi connectivity index (χ2n) is 7.01. The van der Waals surface area contributed by atoms with Gasteiger partial charge in [-0.2, -0.15) is 5.10 Å². The topological polar surface area (TPSA) is 58.4 Å². The number of likely N-dealkylation sites (tertiary alicyclic amines) is 1. The molecule has 0 radical (unpaired) electrons. The van der Waals surface area contributed by atoms with E-state index < -0.39 is 5.97 Å². The highest BCUT2D eigenvalue weighted by atomic mass is 16.4. The highest BCUT2D eigenvalue weighted by molar-refractivity contribution is 5.70. The third-order valence-electron chi connectivity index (χ3n) is 4.09. The number of carbonyl (C=O) groups is 1. The first-order valence-corrected chi connectivity index (χ1v) is 7.16. The first kappa shape index (κ1) is 15.0. The van der Waals surface area contributed by atoms with Crippen molar-refractivity contribution in [3.63, 3.8) is 0 Å². The lowest BCUT2D eigenvalue weighted by Crippen LogP contribution is -2.50. The zero-order valence-corrected chi connectivity index (χ0v) is 13.1. The fourth-order valence-corrected chi connectivity index (χ4v) is 2.78. The summed E-state index contributed by atoms with van der Waals surface area (Å²) in [6, 6.07) is 0. The van der Waals surface area contributed by atoms with E-state index in [1.165, 1.54) is 5.56 Å². The molecule has 0 amide bonds. The molecule has 5 heteroatoms. The number of aromatic nitrogens is 2. The molecule has 0 aromatic carbocycles. The van der Waals surface area contributed by atoms with Crippen molar-refractivity contribution >= 4 is 5.97 Å². The lowest BCUT2D eigenvalue weighted by atomic mass is 9.85. The number of carboxylic acids is 1. The molecule has 1 aromatic heterocycles. The summed E-state index contributed by atoms with van der Waals surface area (Å²) in [5, 5.41) is 13.6. The van der Waals surface area contributed by atoms with Crippen molar-refractivity contribution in [2.45, 2.75) is 39.7 Å². The highest BCUT2D eigenvalue weighted by Gasteiger charge is 2.35. The Labute approximate surface area is 120 Å². The maximum absolute atomic E-state index is 11.0. The van der Waals surface area contributed by atoms with Crippen molar-refractivity contribution in [1.29, 1.82) is 0 Å². The minimum atomic E-state index is -0.689. The van der Waals surface area contributed by atoms with E-state index in [9.17, 15) is 4.79 Å².